The van der Waals surface area contributed by atoms with E-state index >= 15 is 0 Å². The summed E-state index contributed by atoms with van der Waals surface area (Å²) >= 11 is 0. The van der Waals surface area contributed by atoms with Gasteiger partial charge in [0.1, 0.15) is 0 Å². The molecule has 84 valence electrons. The first-order chi connectivity index (χ1) is 7.65. The molecule has 0 saturated carbocycles. The molecule has 0 spiro atoms. The average molecular weight is 216 g/mol. The van der Waals surface area contributed by atoms with Gasteiger partial charge in [-0.2, -0.15) is 5.26 Å². The number of anilines is 1. The minimum atomic E-state index is -0.241. The molecule has 0 radical (unpaired) electrons. The molecule has 1 aromatic rings. The maximum Gasteiger partial charge on any atom is 0.225 e. The van der Waals surface area contributed by atoms with E-state index in [9.17, 15) is 4.79 Å². The van der Waals surface area contributed by atoms with Gasteiger partial charge in [-0.15, -0.1) is 0 Å². The fourth-order valence-corrected chi connectivity index (χ4v) is 1.36. The predicted molar refractivity (Wildman–Crippen MR) is 63.8 cm³/mol. The summed E-state index contributed by atoms with van der Waals surface area (Å²) in [7, 11) is 0. The first kappa shape index (κ1) is 12.3. The maximum absolute atomic E-state index is 11.5. The highest BCUT2D eigenvalue weighted by Gasteiger charge is 2.07. The van der Waals surface area contributed by atoms with Crippen LogP contribution in [-0.2, 0) is 11.2 Å². The lowest BCUT2D eigenvalue weighted by atomic mass is 10.1. The first-order valence-corrected chi connectivity index (χ1v) is 5.44. The van der Waals surface area contributed by atoms with E-state index in [1.165, 1.54) is 5.56 Å². The number of hydrogen-bond donors (Lipinski definition) is 1. The quantitative estimate of drug-likeness (QED) is 0.841. The number of amides is 1. The summed E-state index contributed by atoms with van der Waals surface area (Å²) in [5.41, 5.74) is 2.02. The largest absolute Gasteiger partial charge is 0.326 e. The van der Waals surface area contributed by atoms with Crippen LogP contribution >= 0.6 is 0 Å². The minimum Gasteiger partial charge on any atom is -0.326 e. The van der Waals surface area contributed by atoms with Gasteiger partial charge in [0.25, 0.3) is 0 Å². The third-order valence-corrected chi connectivity index (χ3v) is 2.36. The lowest BCUT2D eigenvalue weighted by Gasteiger charge is -2.06. The summed E-state index contributed by atoms with van der Waals surface area (Å²) in [5.74, 6) is -0.354. The second-order valence-electron chi connectivity index (χ2n) is 3.83. The van der Waals surface area contributed by atoms with Crippen LogP contribution in [0.1, 0.15) is 25.8 Å². The third kappa shape index (κ3) is 3.74. The fraction of sp³-hybridized carbons (Fsp3) is 0.385. The molecule has 1 amide bonds. The smallest absolute Gasteiger partial charge is 0.225 e. The summed E-state index contributed by atoms with van der Waals surface area (Å²) in [4.78, 5) is 11.5. The van der Waals surface area contributed by atoms with E-state index in [0.717, 1.165) is 12.1 Å². The Morgan fingerprint density at radius 3 is 2.56 bits per heavy atom. The molecule has 1 rings (SSSR count). The molecule has 0 aromatic heterocycles. The van der Waals surface area contributed by atoms with E-state index in [2.05, 4.69) is 12.2 Å². The van der Waals surface area contributed by atoms with E-state index in [1.807, 2.05) is 30.3 Å². The first-order valence-electron chi connectivity index (χ1n) is 5.44. The molecule has 0 heterocycles. The van der Waals surface area contributed by atoms with Crippen LogP contribution in [0.3, 0.4) is 0 Å². The average Bonchev–Trinajstić information content (AvgIpc) is 2.29. The van der Waals surface area contributed by atoms with Gasteiger partial charge in [0.15, 0.2) is 0 Å². The van der Waals surface area contributed by atoms with Crippen LogP contribution in [-0.4, -0.2) is 5.91 Å². The molecule has 0 bridgehead atoms. The molecule has 3 nitrogen and oxygen atoms in total. The lowest BCUT2D eigenvalue weighted by Crippen LogP contribution is -2.14. The van der Waals surface area contributed by atoms with Crippen LogP contribution < -0.4 is 5.32 Å². The highest BCUT2D eigenvalue weighted by molar-refractivity contribution is 5.90. The van der Waals surface area contributed by atoms with Crippen LogP contribution in [0.4, 0.5) is 5.69 Å². The Bertz CT molecular complexity index is 389. The van der Waals surface area contributed by atoms with Gasteiger partial charge in [-0.3, -0.25) is 4.79 Å². The van der Waals surface area contributed by atoms with Crippen molar-refractivity contribution in [2.24, 2.45) is 5.92 Å². The summed E-state index contributed by atoms with van der Waals surface area (Å²) in [6, 6.07) is 9.78. The Balaban J connectivity index is 2.53. The van der Waals surface area contributed by atoms with Gasteiger partial charge in [0, 0.05) is 12.1 Å². The third-order valence-electron chi connectivity index (χ3n) is 2.36. The number of rotatable bonds is 4. The standard InChI is InChI=1S/C13H16N2O/c1-3-11-4-6-12(7-5-11)15-13(16)8-10(2)9-14/h4-7,10H,3,8H2,1-2H3,(H,15,16). The van der Waals surface area contributed by atoms with Gasteiger partial charge >= 0.3 is 0 Å². The molecule has 1 N–H and O–H groups in total. The number of hydrogen-bond acceptors (Lipinski definition) is 2. The van der Waals surface area contributed by atoms with Crippen molar-refractivity contribution in [1.82, 2.24) is 0 Å². The zero-order valence-electron chi connectivity index (χ0n) is 9.66. The van der Waals surface area contributed by atoms with E-state index in [1.54, 1.807) is 6.92 Å². The van der Waals surface area contributed by atoms with Crippen molar-refractivity contribution < 1.29 is 4.79 Å². The molecule has 1 aromatic carbocycles. The van der Waals surface area contributed by atoms with Crippen molar-refractivity contribution in [1.29, 1.82) is 5.26 Å². The molecule has 1 atom stereocenters. The number of benzene rings is 1. The van der Waals surface area contributed by atoms with Crippen molar-refractivity contribution in [3.8, 4) is 6.07 Å². The van der Waals surface area contributed by atoms with Crippen molar-refractivity contribution in [3.63, 3.8) is 0 Å². The topological polar surface area (TPSA) is 52.9 Å². The molecule has 0 aliphatic rings. The molecule has 1 unspecified atom stereocenters. The van der Waals surface area contributed by atoms with Gasteiger partial charge in [-0.1, -0.05) is 19.1 Å². The van der Waals surface area contributed by atoms with Gasteiger partial charge in [-0.05, 0) is 31.0 Å². The number of nitrogens with one attached hydrogen (secondary N) is 1. The second kappa shape index (κ2) is 5.92. The Kier molecular flexibility index (Phi) is 4.53. The molecule has 0 saturated heterocycles. The molecular weight excluding hydrogens is 200 g/mol. The lowest BCUT2D eigenvalue weighted by molar-refractivity contribution is -0.116. The Hall–Kier alpha value is -1.82. The minimum absolute atomic E-state index is 0.113. The molecule has 0 aliphatic carbocycles. The van der Waals surface area contributed by atoms with Gasteiger partial charge in [-0.25, -0.2) is 0 Å². The van der Waals surface area contributed by atoms with E-state index in [-0.39, 0.29) is 18.2 Å². The van der Waals surface area contributed by atoms with Crippen LogP contribution in [0, 0.1) is 17.2 Å². The molecular formula is C13H16N2O. The normalized spacial score (nSPS) is 11.6. The summed E-state index contributed by atoms with van der Waals surface area (Å²) < 4.78 is 0. The number of carbonyl (C=O) groups is 1. The van der Waals surface area contributed by atoms with Crippen LogP contribution in [0.25, 0.3) is 0 Å². The number of nitriles is 1. The Labute approximate surface area is 96.1 Å². The number of nitrogens with zero attached hydrogens (tertiary/aromatic N) is 1. The van der Waals surface area contributed by atoms with Crippen molar-refractivity contribution in [2.45, 2.75) is 26.7 Å². The summed E-state index contributed by atoms with van der Waals surface area (Å²) in [6.07, 6.45) is 1.23. The van der Waals surface area contributed by atoms with Gasteiger partial charge in [0.2, 0.25) is 5.91 Å². The SMILES string of the molecule is CCc1ccc(NC(=O)CC(C)C#N)cc1. The van der Waals surface area contributed by atoms with Crippen molar-refractivity contribution in [2.75, 3.05) is 5.32 Å². The summed E-state index contributed by atoms with van der Waals surface area (Å²) in [5, 5.41) is 11.4. The molecule has 0 fully saturated rings. The van der Waals surface area contributed by atoms with E-state index in [4.69, 9.17) is 5.26 Å². The maximum atomic E-state index is 11.5. The fourth-order valence-electron chi connectivity index (χ4n) is 1.36. The van der Waals surface area contributed by atoms with Crippen LogP contribution in [0.5, 0.6) is 0 Å². The monoisotopic (exact) mass is 216 g/mol. The zero-order valence-corrected chi connectivity index (χ0v) is 9.66. The molecule has 3 heteroatoms. The highest BCUT2D eigenvalue weighted by atomic mass is 16.1. The van der Waals surface area contributed by atoms with Crippen LogP contribution in [0.15, 0.2) is 24.3 Å². The number of carbonyl (C=O) groups excluding carboxylic acids is 1. The molecule has 16 heavy (non-hydrogen) atoms. The Morgan fingerprint density at radius 2 is 2.06 bits per heavy atom. The second-order valence-corrected chi connectivity index (χ2v) is 3.83. The number of aryl methyl sites for hydroxylation is 1. The predicted octanol–water partition coefficient (Wildman–Crippen LogP) is 2.74. The van der Waals surface area contributed by atoms with Crippen molar-refractivity contribution >= 4 is 11.6 Å². The molecule has 0 aliphatic heterocycles. The zero-order chi connectivity index (χ0) is 12.0. The van der Waals surface area contributed by atoms with Gasteiger partial charge in [0.05, 0.1) is 12.0 Å². The van der Waals surface area contributed by atoms with Gasteiger partial charge < -0.3 is 5.32 Å². The van der Waals surface area contributed by atoms with Crippen LogP contribution in [0.2, 0.25) is 0 Å². The summed E-state index contributed by atoms with van der Waals surface area (Å²) in [6.45, 7) is 3.82. The van der Waals surface area contributed by atoms with E-state index < -0.39 is 0 Å². The Morgan fingerprint density at radius 1 is 1.44 bits per heavy atom. The van der Waals surface area contributed by atoms with E-state index in [0.29, 0.717) is 0 Å². The van der Waals surface area contributed by atoms with Crippen molar-refractivity contribution in [3.05, 3.63) is 29.8 Å². The highest BCUT2D eigenvalue weighted by Crippen LogP contribution is 2.11.